The van der Waals surface area contributed by atoms with Crippen molar-refractivity contribution in [3.05, 3.63) is 42.0 Å². The monoisotopic (exact) mass is 423 g/mol. The quantitative estimate of drug-likeness (QED) is 0.356. The summed E-state index contributed by atoms with van der Waals surface area (Å²) in [4.78, 5) is 39.6. The van der Waals surface area contributed by atoms with E-state index in [1.807, 2.05) is 0 Å². The smallest absolute Gasteiger partial charge is 0.357 e. The normalized spacial score (nSPS) is 10.4. The van der Waals surface area contributed by atoms with Crippen LogP contribution in [0.2, 0.25) is 0 Å². The maximum absolute atomic E-state index is 13.2. The van der Waals surface area contributed by atoms with E-state index >= 15 is 0 Å². The van der Waals surface area contributed by atoms with Gasteiger partial charge in [-0.1, -0.05) is 11.8 Å². The molecule has 1 amide bonds. The number of nitrogens with one attached hydrogen (secondary N) is 1. The molecule has 0 unspecified atom stereocenters. The van der Waals surface area contributed by atoms with Gasteiger partial charge in [0.15, 0.2) is 17.5 Å². The van der Waals surface area contributed by atoms with Crippen molar-refractivity contribution in [1.82, 2.24) is 14.9 Å². The number of rotatable bonds is 10. The molecular formula is C19H22FN3O5S. The average Bonchev–Trinajstić information content (AvgIpc) is 3.14. The molecule has 0 bridgehead atoms. The van der Waals surface area contributed by atoms with Crippen molar-refractivity contribution in [2.45, 2.75) is 24.9 Å². The van der Waals surface area contributed by atoms with Gasteiger partial charge >= 0.3 is 11.9 Å². The lowest BCUT2D eigenvalue weighted by atomic mass is 10.3. The summed E-state index contributed by atoms with van der Waals surface area (Å²) in [6.07, 6.45) is 3.76. The molecular weight excluding hydrogens is 401 g/mol. The molecule has 0 fully saturated rings. The number of thioether (sulfide) groups is 1. The second-order valence-electron chi connectivity index (χ2n) is 5.78. The molecule has 0 saturated heterocycles. The van der Waals surface area contributed by atoms with Crippen LogP contribution in [-0.4, -0.2) is 53.4 Å². The van der Waals surface area contributed by atoms with E-state index in [0.29, 0.717) is 23.9 Å². The Morgan fingerprint density at radius 3 is 2.59 bits per heavy atom. The number of ether oxygens (including phenoxy) is 2. The molecule has 2 rings (SSSR count). The van der Waals surface area contributed by atoms with Gasteiger partial charge in [-0.05, 0) is 43.9 Å². The Labute approximate surface area is 171 Å². The molecule has 0 aliphatic carbocycles. The third-order valence-corrected chi connectivity index (χ3v) is 4.38. The third-order valence-electron chi connectivity index (χ3n) is 3.73. The number of amides is 1. The number of carbonyl (C=O) groups excluding carboxylic acids is 3. The molecule has 0 saturated carbocycles. The predicted molar refractivity (Wildman–Crippen MR) is 104 cm³/mol. The second kappa shape index (κ2) is 11.2. The van der Waals surface area contributed by atoms with Crippen LogP contribution in [0.25, 0.3) is 5.69 Å². The zero-order valence-corrected chi connectivity index (χ0v) is 17.0. The van der Waals surface area contributed by atoms with Gasteiger partial charge in [-0.15, -0.1) is 0 Å². The summed E-state index contributed by atoms with van der Waals surface area (Å²) in [5.41, 5.74) is 0.666. The van der Waals surface area contributed by atoms with Gasteiger partial charge in [-0.2, -0.15) is 0 Å². The van der Waals surface area contributed by atoms with Gasteiger partial charge in [0.1, 0.15) is 5.82 Å². The molecule has 1 aromatic carbocycles. The van der Waals surface area contributed by atoms with Crippen LogP contribution < -0.4 is 5.32 Å². The number of esters is 2. The van der Waals surface area contributed by atoms with E-state index in [0.717, 1.165) is 0 Å². The molecule has 0 radical (unpaired) electrons. The minimum atomic E-state index is -0.733. The highest BCUT2D eigenvalue weighted by atomic mass is 32.2. The lowest BCUT2D eigenvalue weighted by Crippen LogP contribution is -2.30. The van der Waals surface area contributed by atoms with E-state index in [9.17, 15) is 18.8 Å². The number of hydrogen-bond donors (Lipinski definition) is 1. The van der Waals surface area contributed by atoms with Crippen molar-refractivity contribution >= 4 is 29.6 Å². The largest absolute Gasteiger partial charge is 0.466 e. The van der Waals surface area contributed by atoms with Crippen LogP contribution in [0.15, 0.2) is 35.6 Å². The molecule has 1 heterocycles. The van der Waals surface area contributed by atoms with E-state index in [1.165, 1.54) is 46.8 Å². The lowest BCUT2D eigenvalue weighted by molar-refractivity contribution is -0.143. The first-order valence-electron chi connectivity index (χ1n) is 8.93. The minimum Gasteiger partial charge on any atom is -0.466 e. The van der Waals surface area contributed by atoms with Crippen LogP contribution in [0, 0.1) is 5.82 Å². The van der Waals surface area contributed by atoms with Gasteiger partial charge in [0, 0.05) is 18.7 Å². The van der Waals surface area contributed by atoms with Crippen molar-refractivity contribution in [1.29, 1.82) is 0 Å². The summed E-state index contributed by atoms with van der Waals surface area (Å²) in [5, 5.41) is 3.08. The first kappa shape index (κ1) is 22.4. The number of hydrogen-bond acceptors (Lipinski definition) is 7. The molecule has 8 nitrogen and oxygen atoms in total. The van der Waals surface area contributed by atoms with Gasteiger partial charge in [0.05, 0.1) is 12.8 Å². The first-order valence-corrected chi connectivity index (χ1v) is 10.2. The first-order chi connectivity index (χ1) is 14.0. The van der Waals surface area contributed by atoms with Crippen LogP contribution in [0.1, 0.15) is 30.3 Å². The standard InChI is InChI=1S/C19H22FN3O5S/c1-3-27-17(25)5-4-10-21-16(24)12-28-18(26)15-11-22-19(29-2)23(15)14-8-6-13(20)7-9-14/h6-9,11H,3-5,10,12H2,1-2H3,(H,21,24). The number of imidazole rings is 1. The molecule has 10 heteroatoms. The summed E-state index contributed by atoms with van der Waals surface area (Å²) in [6.45, 7) is 1.83. The summed E-state index contributed by atoms with van der Waals surface area (Å²) < 4.78 is 24.6. The average molecular weight is 423 g/mol. The molecule has 1 N–H and O–H groups in total. The molecule has 1 aromatic heterocycles. The maximum atomic E-state index is 13.2. The Balaban J connectivity index is 1.91. The number of carbonyl (C=O) groups is 3. The number of benzene rings is 1. The Kier molecular flexibility index (Phi) is 8.66. The summed E-state index contributed by atoms with van der Waals surface area (Å²) in [7, 11) is 0. The SMILES string of the molecule is CCOC(=O)CCCNC(=O)COC(=O)c1cnc(SC)n1-c1ccc(F)cc1. The Hall–Kier alpha value is -2.88. The lowest BCUT2D eigenvalue weighted by Gasteiger charge is -2.11. The topological polar surface area (TPSA) is 99.5 Å². The maximum Gasteiger partial charge on any atom is 0.357 e. The van der Waals surface area contributed by atoms with Crippen molar-refractivity contribution in [2.24, 2.45) is 0 Å². The molecule has 0 spiro atoms. The van der Waals surface area contributed by atoms with E-state index in [-0.39, 0.29) is 24.6 Å². The van der Waals surface area contributed by atoms with Gasteiger partial charge in [-0.25, -0.2) is 14.2 Å². The van der Waals surface area contributed by atoms with E-state index < -0.39 is 24.3 Å². The van der Waals surface area contributed by atoms with Gasteiger partial charge < -0.3 is 14.8 Å². The number of halogens is 1. The van der Waals surface area contributed by atoms with Crippen LogP contribution in [0.4, 0.5) is 4.39 Å². The highest BCUT2D eigenvalue weighted by molar-refractivity contribution is 7.98. The Morgan fingerprint density at radius 2 is 1.93 bits per heavy atom. The summed E-state index contributed by atoms with van der Waals surface area (Å²) in [6, 6.07) is 5.59. The van der Waals surface area contributed by atoms with Gasteiger partial charge in [0.2, 0.25) is 0 Å². The molecule has 0 aliphatic rings. The fraction of sp³-hybridized carbons (Fsp3) is 0.368. The number of aromatic nitrogens is 2. The third kappa shape index (κ3) is 6.60. The van der Waals surface area contributed by atoms with Crippen molar-refractivity contribution in [3.63, 3.8) is 0 Å². The van der Waals surface area contributed by atoms with Crippen molar-refractivity contribution in [2.75, 3.05) is 26.0 Å². The molecule has 2 aromatic rings. The van der Waals surface area contributed by atoms with Gasteiger partial charge in [0.25, 0.3) is 5.91 Å². The Bertz CT molecular complexity index is 854. The van der Waals surface area contributed by atoms with Crippen LogP contribution in [-0.2, 0) is 19.1 Å². The highest BCUT2D eigenvalue weighted by Gasteiger charge is 2.20. The zero-order valence-electron chi connectivity index (χ0n) is 16.1. The molecule has 0 aliphatic heterocycles. The van der Waals surface area contributed by atoms with Crippen molar-refractivity contribution in [3.8, 4) is 5.69 Å². The van der Waals surface area contributed by atoms with Crippen LogP contribution in [0.5, 0.6) is 0 Å². The van der Waals surface area contributed by atoms with Crippen molar-refractivity contribution < 1.29 is 28.2 Å². The number of nitrogens with zero attached hydrogens (tertiary/aromatic N) is 2. The fourth-order valence-electron chi connectivity index (χ4n) is 2.41. The van der Waals surface area contributed by atoms with Gasteiger partial charge in [-0.3, -0.25) is 14.2 Å². The zero-order chi connectivity index (χ0) is 21.2. The predicted octanol–water partition coefficient (Wildman–Crippen LogP) is 2.35. The fourth-order valence-corrected chi connectivity index (χ4v) is 2.96. The molecule has 29 heavy (non-hydrogen) atoms. The summed E-state index contributed by atoms with van der Waals surface area (Å²) in [5.74, 6) is -1.95. The van der Waals surface area contributed by atoms with Crippen LogP contribution >= 0.6 is 11.8 Å². The van der Waals surface area contributed by atoms with E-state index in [2.05, 4.69) is 10.3 Å². The summed E-state index contributed by atoms with van der Waals surface area (Å²) >= 11 is 1.31. The Morgan fingerprint density at radius 1 is 1.21 bits per heavy atom. The van der Waals surface area contributed by atoms with E-state index in [1.54, 1.807) is 13.2 Å². The second-order valence-corrected chi connectivity index (χ2v) is 6.55. The molecule has 0 atom stereocenters. The minimum absolute atomic E-state index is 0.121. The molecule has 156 valence electrons. The van der Waals surface area contributed by atoms with E-state index in [4.69, 9.17) is 9.47 Å². The highest BCUT2D eigenvalue weighted by Crippen LogP contribution is 2.22. The van der Waals surface area contributed by atoms with Crippen LogP contribution in [0.3, 0.4) is 0 Å².